The van der Waals surface area contributed by atoms with Crippen LogP contribution in [0.3, 0.4) is 0 Å². The predicted molar refractivity (Wildman–Crippen MR) is 136 cm³/mol. The molecule has 36 heavy (non-hydrogen) atoms. The van der Waals surface area contributed by atoms with E-state index < -0.39 is 17.7 Å². The molecule has 8 rings (SSSR count). The van der Waals surface area contributed by atoms with Gasteiger partial charge in [0.25, 0.3) is 0 Å². The number of alkyl halides is 1. The molecule has 2 bridgehead atoms. The minimum atomic E-state index is -0.503. The molecule has 2 aromatic carbocycles. The van der Waals surface area contributed by atoms with E-state index in [0.717, 1.165) is 48.2 Å². The van der Waals surface area contributed by atoms with E-state index >= 15 is 8.78 Å². The van der Waals surface area contributed by atoms with Gasteiger partial charge in [0.05, 0.1) is 12.1 Å². The Bertz CT molecular complexity index is 1280. The van der Waals surface area contributed by atoms with Crippen molar-refractivity contribution in [2.45, 2.75) is 62.7 Å². The van der Waals surface area contributed by atoms with Crippen molar-refractivity contribution in [2.24, 2.45) is 5.92 Å². The van der Waals surface area contributed by atoms with Crippen molar-refractivity contribution in [1.29, 1.82) is 0 Å². The van der Waals surface area contributed by atoms with Crippen molar-refractivity contribution < 1.29 is 13.2 Å². The molecule has 7 heteroatoms. The van der Waals surface area contributed by atoms with Gasteiger partial charge in [-0.15, -0.1) is 0 Å². The summed E-state index contributed by atoms with van der Waals surface area (Å²) in [6.45, 7) is 3.63. The van der Waals surface area contributed by atoms with Crippen LogP contribution in [0.1, 0.15) is 55.5 Å². The topological polar surface area (TPSA) is 34.3 Å². The number of nitrogens with one attached hydrogen (secondary N) is 2. The van der Waals surface area contributed by atoms with Gasteiger partial charge in [-0.05, 0) is 68.7 Å². The Morgan fingerprint density at radius 3 is 2.56 bits per heavy atom. The van der Waals surface area contributed by atoms with E-state index in [-0.39, 0.29) is 29.9 Å². The molecule has 0 unspecified atom stereocenters. The van der Waals surface area contributed by atoms with Gasteiger partial charge in [0, 0.05) is 59.1 Å². The highest BCUT2D eigenvalue weighted by Crippen LogP contribution is 2.60. The molecular weight excluding hydrogens is 461 g/mol. The lowest BCUT2D eigenvalue weighted by Gasteiger charge is -2.55. The van der Waals surface area contributed by atoms with E-state index in [4.69, 9.17) is 0 Å². The van der Waals surface area contributed by atoms with Gasteiger partial charge in [0.15, 0.2) is 0 Å². The third kappa shape index (κ3) is 3.35. The SMILES string of the molecule is C[C@@H]1Cc2c([nH]c3ccccc23)[C@@H](c2c(F)cc(NC3CN(CCF)C3)cc2F)N1C12CCC(C1)C2. The number of hydrogen-bond acceptors (Lipinski definition) is 3. The fourth-order valence-corrected chi connectivity index (χ4v) is 7.85. The summed E-state index contributed by atoms with van der Waals surface area (Å²) in [5.41, 5.74) is 3.79. The van der Waals surface area contributed by atoms with E-state index in [1.807, 2.05) is 17.0 Å². The summed E-state index contributed by atoms with van der Waals surface area (Å²) in [7, 11) is 0. The minimum absolute atomic E-state index is 0.0331. The molecule has 0 amide bonds. The average molecular weight is 495 g/mol. The van der Waals surface area contributed by atoms with Gasteiger partial charge in [-0.1, -0.05) is 18.2 Å². The van der Waals surface area contributed by atoms with Crippen LogP contribution in [0.5, 0.6) is 0 Å². The average Bonchev–Trinajstić information content (AvgIpc) is 3.50. The Kier molecular flexibility index (Phi) is 5.20. The normalized spacial score (nSPS) is 30.3. The number of anilines is 1. The summed E-state index contributed by atoms with van der Waals surface area (Å²) in [6, 6.07) is 10.9. The Balaban J connectivity index is 1.29. The number of nitrogens with zero attached hydrogens (tertiary/aromatic N) is 2. The van der Waals surface area contributed by atoms with E-state index in [9.17, 15) is 4.39 Å². The zero-order chi connectivity index (χ0) is 24.6. The highest BCUT2D eigenvalue weighted by Gasteiger charge is 2.58. The standard InChI is InChI=1S/C29H33F3N4/c1-17-10-22-21-4-2-3-5-25(21)34-27(22)28(36(17)29-7-6-18(13-29)14-29)26-23(31)11-19(12-24(26)32)33-20-15-35(16-20)9-8-30/h2-5,11-12,17-18,20,28,33-34H,6-10,13-16H2,1H3/t17-,18?,28-,29?/m1/s1. The molecular formula is C29H33F3N4. The summed E-state index contributed by atoms with van der Waals surface area (Å²) in [4.78, 5) is 8.03. The number of hydrogen-bond donors (Lipinski definition) is 2. The van der Waals surface area contributed by atoms with Gasteiger partial charge in [0.1, 0.15) is 18.3 Å². The van der Waals surface area contributed by atoms with Crippen LogP contribution in [0.25, 0.3) is 10.9 Å². The number of para-hydroxylation sites is 1. The zero-order valence-electron chi connectivity index (χ0n) is 20.7. The first-order chi connectivity index (χ1) is 17.5. The molecule has 5 aliphatic rings. The Morgan fingerprint density at radius 1 is 1.11 bits per heavy atom. The number of likely N-dealkylation sites (tertiary alicyclic amines) is 1. The van der Waals surface area contributed by atoms with E-state index in [2.05, 4.69) is 34.3 Å². The number of benzene rings is 2. The molecule has 4 nitrogen and oxygen atoms in total. The van der Waals surface area contributed by atoms with Crippen molar-refractivity contribution in [3.8, 4) is 0 Å². The van der Waals surface area contributed by atoms with E-state index in [0.29, 0.717) is 25.3 Å². The van der Waals surface area contributed by atoms with Gasteiger partial charge in [-0.25, -0.2) is 13.2 Å². The molecule has 2 atom stereocenters. The van der Waals surface area contributed by atoms with Crippen LogP contribution in [0.4, 0.5) is 18.9 Å². The maximum atomic E-state index is 16.0. The molecule has 0 radical (unpaired) electrons. The summed E-state index contributed by atoms with van der Waals surface area (Å²) < 4.78 is 44.5. The Morgan fingerprint density at radius 2 is 1.86 bits per heavy atom. The number of H-pyrrole nitrogens is 1. The maximum absolute atomic E-state index is 16.0. The molecule has 0 spiro atoms. The molecule has 1 saturated heterocycles. The summed E-state index contributed by atoms with van der Waals surface area (Å²) in [5, 5.41) is 4.40. The fraction of sp³-hybridized carbons (Fsp3) is 0.517. The van der Waals surface area contributed by atoms with Crippen LogP contribution >= 0.6 is 0 Å². The first-order valence-corrected chi connectivity index (χ1v) is 13.4. The van der Waals surface area contributed by atoms with Crippen molar-refractivity contribution in [2.75, 3.05) is 31.6 Å². The van der Waals surface area contributed by atoms with Crippen LogP contribution in [0.2, 0.25) is 0 Å². The van der Waals surface area contributed by atoms with Crippen LogP contribution < -0.4 is 5.32 Å². The first-order valence-electron chi connectivity index (χ1n) is 13.4. The molecule has 2 N–H and O–H groups in total. The van der Waals surface area contributed by atoms with Crippen molar-refractivity contribution in [1.82, 2.24) is 14.8 Å². The lowest BCUT2D eigenvalue weighted by atomic mass is 9.72. The third-order valence-corrected chi connectivity index (χ3v) is 9.36. The second kappa shape index (κ2) is 8.25. The number of halogens is 3. The molecule has 3 saturated carbocycles. The summed E-state index contributed by atoms with van der Waals surface area (Å²) >= 11 is 0. The van der Waals surface area contributed by atoms with Crippen LogP contribution in [-0.2, 0) is 6.42 Å². The largest absolute Gasteiger partial charge is 0.380 e. The number of fused-ring (bicyclic) bond motifs is 4. The van der Waals surface area contributed by atoms with Crippen LogP contribution in [-0.4, -0.2) is 58.7 Å². The lowest BCUT2D eigenvalue weighted by Crippen LogP contribution is -2.59. The van der Waals surface area contributed by atoms with Gasteiger partial charge < -0.3 is 10.3 Å². The van der Waals surface area contributed by atoms with Gasteiger partial charge in [-0.2, -0.15) is 0 Å². The van der Waals surface area contributed by atoms with Gasteiger partial charge in [-0.3, -0.25) is 9.80 Å². The monoisotopic (exact) mass is 494 g/mol. The quantitative estimate of drug-likeness (QED) is 0.455. The van der Waals surface area contributed by atoms with Crippen LogP contribution in [0.15, 0.2) is 36.4 Å². The number of aromatic nitrogens is 1. The highest BCUT2D eigenvalue weighted by atomic mass is 19.1. The molecule has 4 fully saturated rings. The third-order valence-electron chi connectivity index (χ3n) is 9.36. The first kappa shape index (κ1) is 22.7. The van der Waals surface area contributed by atoms with Crippen molar-refractivity contribution in [3.05, 3.63) is 64.9 Å². The number of aromatic amines is 1. The minimum Gasteiger partial charge on any atom is -0.380 e. The molecule has 3 aromatic rings. The second-order valence-corrected chi connectivity index (χ2v) is 11.6. The predicted octanol–water partition coefficient (Wildman–Crippen LogP) is 5.79. The highest BCUT2D eigenvalue weighted by molar-refractivity contribution is 5.85. The molecule has 1 aromatic heterocycles. The lowest BCUT2D eigenvalue weighted by molar-refractivity contribution is -0.0356. The number of rotatable bonds is 6. The molecule has 2 aliphatic heterocycles. The maximum Gasteiger partial charge on any atom is 0.133 e. The molecule has 3 heterocycles. The molecule has 3 aliphatic carbocycles. The fourth-order valence-electron chi connectivity index (χ4n) is 7.85. The van der Waals surface area contributed by atoms with Crippen molar-refractivity contribution >= 4 is 16.6 Å². The zero-order valence-corrected chi connectivity index (χ0v) is 20.7. The van der Waals surface area contributed by atoms with Crippen LogP contribution in [0, 0.1) is 17.6 Å². The smallest absolute Gasteiger partial charge is 0.133 e. The van der Waals surface area contributed by atoms with E-state index in [1.165, 1.54) is 24.1 Å². The van der Waals surface area contributed by atoms with Crippen molar-refractivity contribution in [3.63, 3.8) is 0 Å². The second-order valence-electron chi connectivity index (χ2n) is 11.6. The van der Waals surface area contributed by atoms with Gasteiger partial charge in [0.2, 0.25) is 0 Å². The Labute approximate surface area is 209 Å². The van der Waals surface area contributed by atoms with Gasteiger partial charge >= 0.3 is 0 Å². The van der Waals surface area contributed by atoms with E-state index in [1.54, 1.807) is 0 Å². The Hall–Kier alpha value is -2.51. The summed E-state index contributed by atoms with van der Waals surface area (Å²) in [5.74, 6) is -0.254. The summed E-state index contributed by atoms with van der Waals surface area (Å²) in [6.07, 6.45) is 5.45. The molecule has 190 valence electrons.